The average molecular weight is 285 g/mol. The standard InChI is InChI=1S/C11H13ClN4OS/c1-2-5-16-10(17)14-15-11(16)18-7-8-3-4-13-9(12)6-8/h3-4,6H,2,5,7H2,1H3,(H,14,17). The third-order valence-electron chi connectivity index (χ3n) is 2.33. The van der Waals surface area contributed by atoms with Crippen molar-refractivity contribution in [3.8, 4) is 0 Å². The summed E-state index contributed by atoms with van der Waals surface area (Å²) in [5.74, 6) is 0.705. The second-order valence-electron chi connectivity index (χ2n) is 3.74. The fourth-order valence-corrected chi connectivity index (χ4v) is 2.63. The number of halogens is 1. The van der Waals surface area contributed by atoms with Crippen LogP contribution in [0.5, 0.6) is 0 Å². The molecular formula is C11H13ClN4OS. The van der Waals surface area contributed by atoms with Gasteiger partial charge < -0.3 is 0 Å². The van der Waals surface area contributed by atoms with Crippen LogP contribution < -0.4 is 5.69 Å². The van der Waals surface area contributed by atoms with E-state index in [-0.39, 0.29) is 5.69 Å². The van der Waals surface area contributed by atoms with Gasteiger partial charge in [0.2, 0.25) is 0 Å². The van der Waals surface area contributed by atoms with Crippen LogP contribution in [0.25, 0.3) is 0 Å². The Hall–Kier alpha value is -1.27. The molecule has 5 nitrogen and oxygen atoms in total. The molecule has 18 heavy (non-hydrogen) atoms. The van der Waals surface area contributed by atoms with E-state index in [9.17, 15) is 4.79 Å². The fraction of sp³-hybridized carbons (Fsp3) is 0.364. The molecule has 0 amide bonds. The van der Waals surface area contributed by atoms with E-state index in [2.05, 4.69) is 15.2 Å². The van der Waals surface area contributed by atoms with E-state index in [0.29, 0.717) is 22.6 Å². The van der Waals surface area contributed by atoms with Crippen LogP contribution in [0.2, 0.25) is 5.15 Å². The van der Waals surface area contributed by atoms with Crippen molar-refractivity contribution in [1.82, 2.24) is 19.7 Å². The van der Waals surface area contributed by atoms with Gasteiger partial charge in [-0.3, -0.25) is 4.57 Å². The van der Waals surface area contributed by atoms with E-state index in [4.69, 9.17) is 11.6 Å². The summed E-state index contributed by atoms with van der Waals surface area (Å²) in [5.41, 5.74) is 0.894. The molecular weight excluding hydrogens is 272 g/mol. The van der Waals surface area contributed by atoms with Gasteiger partial charge in [0, 0.05) is 18.5 Å². The van der Waals surface area contributed by atoms with Gasteiger partial charge in [0.15, 0.2) is 5.16 Å². The van der Waals surface area contributed by atoms with E-state index in [0.717, 1.165) is 12.0 Å². The quantitative estimate of drug-likeness (QED) is 0.676. The third kappa shape index (κ3) is 3.14. The Labute approximate surface area is 114 Å². The molecule has 0 aromatic carbocycles. The van der Waals surface area contributed by atoms with Gasteiger partial charge in [-0.15, -0.1) is 5.10 Å². The summed E-state index contributed by atoms with van der Waals surface area (Å²) in [6, 6.07) is 3.71. The van der Waals surface area contributed by atoms with Crippen LogP contribution in [-0.4, -0.2) is 19.7 Å². The first-order valence-corrected chi connectivity index (χ1v) is 6.95. The number of pyridine rings is 1. The fourth-order valence-electron chi connectivity index (χ4n) is 1.51. The van der Waals surface area contributed by atoms with Gasteiger partial charge in [0.05, 0.1) is 0 Å². The van der Waals surface area contributed by atoms with Crippen molar-refractivity contribution in [3.63, 3.8) is 0 Å². The zero-order valence-corrected chi connectivity index (χ0v) is 11.5. The predicted octanol–water partition coefficient (Wildman–Crippen LogP) is 2.32. The van der Waals surface area contributed by atoms with Gasteiger partial charge in [0.1, 0.15) is 5.15 Å². The van der Waals surface area contributed by atoms with Crippen LogP contribution in [0.3, 0.4) is 0 Å². The van der Waals surface area contributed by atoms with Crippen LogP contribution in [-0.2, 0) is 12.3 Å². The number of H-pyrrole nitrogens is 1. The average Bonchev–Trinajstić information content (AvgIpc) is 2.69. The molecule has 0 bridgehead atoms. The number of nitrogens with zero attached hydrogens (tertiary/aromatic N) is 3. The molecule has 2 heterocycles. The van der Waals surface area contributed by atoms with Crippen LogP contribution in [0.15, 0.2) is 28.3 Å². The Kier molecular flexibility index (Phi) is 4.43. The van der Waals surface area contributed by atoms with Crippen molar-refractivity contribution in [3.05, 3.63) is 39.5 Å². The number of aromatic amines is 1. The smallest absolute Gasteiger partial charge is 0.270 e. The van der Waals surface area contributed by atoms with Crippen molar-refractivity contribution in [2.24, 2.45) is 0 Å². The van der Waals surface area contributed by atoms with Gasteiger partial charge in [-0.05, 0) is 24.1 Å². The molecule has 96 valence electrons. The Morgan fingerprint density at radius 1 is 1.56 bits per heavy atom. The van der Waals surface area contributed by atoms with Gasteiger partial charge in [-0.1, -0.05) is 30.3 Å². The number of aromatic nitrogens is 4. The number of hydrogen-bond donors (Lipinski definition) is 1. The van der Waals surface area contributed by atoms with E-state index in [1.165, 1.54) is 11.8 Å². The summed E-state index contributed by atoms with van der Waals surface area (Å²) < 4.78 is 1.65. The molecule has 0 radical (unpaired) electrons. The summed E-state index contributed by atoms with van der Waals surface area (Å²) in [6.45, 7) is 2.70. The topological polar surface area (TPSA) is 63.6 Å². The van der Waals surface area contributed by atoms with Crippen molar-refractivity contribution < 1.29 is 0 Å². The van der Waals surface area contributed by atoms with Crippen molar-refractivity contribution in [2.75, 3.05) is 0 Å². The SMILES string of the molecule is CCCn1c(SCc2ccnc(Cl)c2)n[nH]c1=O. The molecule has 2 aromatic heterocycles. The maximum Gasteiger partial charge on any atom is 0.343 e. The molecule has 2 rings (SSSR count). The van der Waals surface area contributed by atoms with Gasteiger partial charge in [-0.2, -0.15) is 0 Å². The minimum Gasteiger partial charge on any atom is -0.270 e. The highest BCUT2D eigenvalue weighted by atomic mass is 35.5. The first-order valence-electron chi connectivity index (χ1n) is 5.59. The summed E-state index contributed by atoms with van der Waals surface area (Å²) in [5, 5.41) is 7.66. The van der Waals surface area contributed by atoms with Crippen molar-refractivity contribution in [2.45, 2.75) is 30.8 Å². The molecule has 7 heteroatoms. The second kappa shape index (κ2) is 6.06. The van der Waals surface area contributed by atoms with Crippen molar-refractivity contribution >= 4 is 23.4 Å². The number of rotatable bonds is 5. The minimum absolute atomic E-state index is 0.160. The molecule has 0 unspecified atom stereocenters. The molecule has 0 saturated heterocycles. The lowest BCUT2D eigenvalue weighted by Crippen LogP contribution is -2.17. The number of thioether (sulfide) groups is 1. The van der Waals surface area contributed by atoms with E-state index < -0.39 is 0 Å². The first-order chi connectivity index (χ1) is 8.70. The van der Waals surface area contributed by atoms with Crippen LogP contribution in [0.1, 0.15) is 18.9 Å². The summed E-state index contributed by atoms with van der Waals surface area (Å²) in [4.78, 5) is 15.4. The van der Waals surface area contributed by atoms with Crippen LogP contribution >= 0.6 is 23.4 Å². The van der Waals surface area contributed by atoms with Gasteiger partial charge in [-0.25, -0.2) is 14.9 Å². The van der Waals surface area contributed by atoms with Gasteiger partial charge in [0.25, 0.3) is 0 Å². The lowest BCUT2D eigenvalue weighted by Gasteiger charge is -2.03. The highest BCUT2D eigenvalue weighted by molar-refractivity contribution is 7.98. The minimum atomic E-state index is -0.160. The zero-order valence-electron chi connectivity index (χ0n) is 9.89. The largest absolute Gasteiger partial charge is 0.343 e. The lowest BCUT2D eigenvalue weighted by molar-refractivity contribution is 0.604. The highest BCUT2D eigenvalue weighted by Crippen LogP contribution is 2.20. The molecule has 0 saturated carbocycles. The van der Waals surface area contributed by atoms with Gasteiger partial charge >= 0.3 is 5.69 Å². The highest BCUT2D eigenvalue weighted by Gasteiger charge is 2.08. The molecule has 0 aliphatic rings. The number of hydrogen-bond acceptors (Lipinski definition) is 4. The van der Waals surface area contributed by atoms with Crippen LogP contribution in [0, 0.1) is 0 Å². The molecule has 0 aliphatic heterocycles. The Bertz CT molecular complexity index is 580. The Morgan fingerprint density at radius 3 is 3.11 bits per heavy atom. The summed E-state index contributed by atoms with van der Waals surface area (Å²) in [7, 11) is 0. The zero-order chi connectivity index (χ0) is 13.0. The molecule has 0 fully saturated rings. The Balaban J connectivity index is 2.08. The molecule has 2 aromatic rings. The number of nitrogens with one attached hydrogen (secondary N) is 1. The van der Waals surface area contributed by atoms with E-state index >= 15 is 0 Å². The third-order valence-corrected chi connectivity index (χ3v) is 3.58. The second-order valence-corrected chi connectivity index (χ2v) is 5.07. The molecule has 0 aliphatic carbocycles. The van der Waals surface area contributed by atoms with Crippen molar-refractivity contribution in [1.29, 1.82) is 0 Å². The van der Waals surface area contributed by atoms with Crippen LogP contribution in [0.4, 0.5) is 0 Å². The monoisotopic (exact) mass is 284 g/mol. The maximum atomic E-state index is 11.5. The maximum absolute atomic E-state index is 11.5. The molecule has 0 atom stereocenters. The molecule has 1 N–H and O–H groups in total. The van der Waals surface area contributed by atoms with E-state index in [1.807, 2.05) is 19.1 Å². The Morgan fingerprint density at radius 2 is 2.39 bits per heavy atom. The molecule has 0 spiro atoms. The summed E-state index contributed by atoms with van der Waals surface area (Å²) >= 11 is 7.32. The van der Waals surface area contributed by atoms with E-state index in [1.54, 1.807) is 10.8 Å². The summed E-state index contributed by atoms with van der Waals surface area (Å²) in [6.07, 6.45) is 2.57. The predicted molar refractivity (Wildman–Crippen MR) is 71.9 cm³/mol. The first kappa shape index (κ1) is 13.2. The normalized spacial score (nSPS) is 10.8. The lowest BCUT2D eigenvalue weighted by atomic mass is 10.3.